The molecule has 0 saturated carbocycles. The summed E-state index contributed by atoms with van der Waals surface area (Å²) in [4.78, 5) is 32.9. The van der Waals surface area contributed by atoms with Crippen molar-refractivity contribution in [2.24, 2.45) is 0 Å². The number of aromatic nitrogens is 3. The Labute approximate surface area is 191 Å². The zero-order valence-corrected chi connectivity index (χ0v) is 19.6. The number of nitrogens with one attached hydrogen (secondary N) is 1. The van der Waals surface area contributed by atoms with Crippen molar-refractivity contribution in [1.29, 1.82) is 0 Å². The van der Waals surface area contributed by atoms with E-state index in [0.29, 0.717) is 43.3 Å². The van der Waals surface area contributed by atoms with Gasteiger partial charge < -0.3 is 9.80 Å². The minimum Gasteiger partial charge on any atom is -0.342 e. The van der Waals surface area contributed by atoms with Crippen molar-refractivity contribution in [3.8, 4) is 10.7 Å². The lowest BCUT2D eigenvalue weighted by molar-refractivity contribution is -0.137. The van der Waals surface area contributed by atoms with E-state index in [1.54, 1.807) is 15.9 Å². The molecule has 168 valence electrons. The van der Waals surface area contributed by atoms with Gasteiger partial charge in [-0.05, 0) is 43.4 Å². The van der Waals surface area contributed by atoms with Gasteiger partial charge in [0.25, 0.3) is 0 Å². The third kappa shape index (κ3) is 5.07. The highest BCUT2D eigenvalue weighted by Crippen LogP contribution is 2.26. The Bertz CT molecular complexity index is 937. The molecule has 0 spiro atoms. The van der Waals surface area contributed by atoms with Gasteiger partial charge in [0.05, 0.1) is 11.4 Å². The standard InChI is InChI=1S/C21H30N6O2S2/c1-16(27-19(22-23-21(27)30)17-7-6-14-31-17)20(29)26-12-10-24(11-13-26)15-18(28)25-8-4-2-3-5-9-25/h6-7,14,16H,2-5,8-13,15H2,1H3,(H,23,30). The van der Waals surface area contributed by atoms with Gasteiger partial charge in [0, 0.05) is 39.3 Å². The molecule has 1 unspecified atom stereocenters. The molecule has 1 atom stereocenters. The first-order chi connectivity index (χ1) is 15.0. The largest absolute Gasteiger partial charge is 0.342 e. The number of thiophene rings is 1. The molecule has 31 heavy (non-hydrogen) atoms. The molecule has 0 aliphatic carbocycles. The van der Waals surface area contributed by atoms with Gasteiger partial charge >= 0.3 is 0 Å². The molecule has 2 aromatic heterocycles. The fourth-order valence-corrected chi connectivity index (χ4v) is 5.36. The Kier molecular flexibility index (Phi) is 7.19. The molecule has 8 nitrogen and oxygen atoms in total. The first-order valence-electron chi connectivity index (χ1n) is 11.0. The highest BCUT2D eigenvalue weighted by Gasteiger charge is 2.29. The normalized spacial score (nSPS) is 19.3. The number of likely N-dealkylation sites (tertiary alicyclic amines) is 1. The molecular formula is C21H30N6O2S2. The van der Waals surface area contributed by atoms with Crippen LogP contribution >= 0.6 is 23.6 Å². The van der Waals surface area contributed by atoms with Crippen LogP contribution in [0.2, 0.25) is 0 Å². The summed E-state index contributed by atoms with van der Waals surface area (Å²) in [7, 11) is 0. The fraction of sp³-hybridized carbons (Fsp3) is 0.619. The molecule has 2 saturated heterocycles. The molecule has 2 fully saturated rings. The van der Waals surface area contributed by atoms with Crippen molar-refractivity contribution in [2.45, 2.75) is 38.6 Å². The number of carbonyl (C=O) groups is 2. The molecule has 10 heteroatoms. The maximum absolute atomic E-state index is 13.2. The van der Waals surface area contributed by atoms with Crippen molar-refractivity contribution in [1.82, 2.24) is 29.5 Å². The highest BCUT2D eigenvalue weighted by molar-refractivity contribution is 7.71. The number of nitrogens with zero attached hydrogens (tertiary/aromatic N) is 5. The monoisotopic (exact) mass is 462 g/mol. The molecule has 1 N–H and O–H groups in total. The molecule has 4 rings (SSSR count). The van der Waals surface area contributed by atoms with E-state index in [4.69, 9.17) is 12.2 Å². The van der Waals surface area contributed by atoms with Crippen molar-refractivity contribution in [3.05, 3.63) is 22.3 Å². The summed E-state index contributed by atoms with van der Waals surface area (Å²) in [5.41, 5.74) is 0. The number of piperazine rings is 1. The minimum absolute atomic E-state index is 0.0359. The van der Waals surface area contributed by atoms with E-state index in [9.17, 15) is 9.59 Å². The van der Waals surface area contributed by atoms with Crippen LogP contribution in [0.15, 0.2) is 17.5 Å². The average molecular weight is 463 g/mol. The number of H-pyrrole nitrogens is 1. The molecule has 0 aromatic carbocycles. The van der Waals surface area contributed by atoms with Crippen molar-refractivity contribution < 1.29 is 9.59 Å². The Morgan fingerprint density at radius 3 is 2.45 bits per heavy atom. The number of amides is 2. The number of carbonyl (C=O) groups excluding carboxylic acids is 2. The van der Waals surface area contributed by atoms with E-state index in [2.05, 4.69) is 15.1 Å². The quantitative estimate of drug-likeness (QED) is 0.692. The van der Waals surface area contributed by atoms with Crippen molar-refractivity contribution in [2.75, 3.05) is 45.8 Å². The van der Waals surface area contributed by atoms with Gasteiger partial charge in [-0.25, -0.2) is 0 Å². The van der Waals surface area contributed by atoms with Crippen LogP contribution in [0.3, 0.4) is 0 Å². The smallest absolute Gasteiger partial charge is 0.245 e. The van der Waals surface area contributed by atoms with Crippen LogP contribution in [0.4, 0.5) is 0 Å². The predicted octanol–water partition coefficient (Wildman–Crippen LogP) is 2.78. The zero-order chi connectivity index (χ0) is 21.8. The van der Waals surface area contributed by atoms with Gasteiger partial charge in [-0.1, -0.05) is 18.9 Å². The lowest BCUT2D eigenvalue weighted by atomic mass is 10.2. The van der Waals surface area contributed by atoms with Crippen molar-refractivity contribution >= 4 is 35.4 Å². The molecule has 2 aliphatic heterocycles. The second kappa shape index (κ2) is 10.1. The molecule has 2 aromatic rings. The van der Waals surface area contributed by atoms with Gasteiger partial charge in [-0.15, -0.1) is 11.3 Å². The van der Waals surface area contributed by atoms with Crippen molar-refractivity contribution in [3.63, 3.8) is 0 Å². The third-order valence-corrected chi connectivity index (χ3v) is 7.35. The fourth-order valence-electron chi connectivity index (χ4n) is 4.36. The Balaban J connectivity index is 1.34. The molecule has 4 heterocycles. The van der Waals surface area contributed by atoms with E-state index >= 15 is 0 Å². The number of hydrogen-bond acceptors (Lipinski definition) is 6. The Morgan fingerprint density at radius 2 is 1.81 bits per heavy atom. The number of rotatable bonds is 5. The maximum Gasteiger partial charge on any atom is 0.245 e. The van der Waals surface area contributed by atoms with Crippen LogP contribution in [0, 0.1) is 4.77 Å². The van der Waals surface area contributed by atoms with Gasteiger partial charge in [-0.2, -0.15) is 5.10 Å². The summed E-state index contributed by atoms with van der Waals surface area (Å²) < 4.78 is 2.25. The summed E-state index contributed by atoms with van der Waals surface area (Å²) in [6.45, 7) is 6.76. The maximum atomic E-state index is 13.2. The molecular weight excluding hydrogens is 432 g/mol. The summed E-state index contributed by atoms with van der Waals surface area (Å²) in [6, 6.07) is 3.50. The lowest BCUT2D eigenvalue weighted by Gasteiger charge is -2.36. The zero-order valence-electron chi connectivity index (χ0n) is 18.0. The predicted molar refractivity (Wildman–Crippen MR) is 124 cm³/mol. The lowest BCUT2D eigenvalue weighted by Crippen LogP contribution is -2.52. The van der Waals surface area contributed by atoms with E-state index in [0.717, 1.165) is 30.8 Å². The van der Waals surface area contributed by atoms with Gasteiger partial charge in [-0.3, -0.25) is 24.2 Å². The summed E-state index contributed by atoms with van der Waals surface area (Å²) in [5, 5.41) is 9.15. The molecule has 0 radical (unpaired) electrons. The van der Waals surface area contributed by atoms with Crippen LogP contribution in [0.1, 0.15) is 38.6 Å². The van der Waals surface area contributed by atoms with E-state index in [1.807, 2.05) is 34.2 Å². The minimum atomic E-state index is -0.436. The molecule has 2 aliphatic rings. The third-order valence-electron chi connectivity index (χ3n) is 6.19. The van der Waals surface area contributed by atoms with Gasteiger partial charge in [0.15, 0.2) is 10.6 Å². The van der Waals surface area contributed by atoms with Crippen LogP contribution in [-0.4, -0.2) is 87.1 Å². The average Bonchev–Trinajstić information content (AvgIpc) is 3.35. The first kappa shape index (κ1) is 22.2. The Morgan fingerprint density at radius 1 is 1.10 bits per heavy atom. The SMILES string of the molecule is CC(C(=O)N1CCN(CC(=O)N2CCCCCC2)CC1)n1c(-c2cccs2)n[nH]c1=S. The van der Waals surface area contributed by atoms with Gasteiger partial charge in [0.1, 0.15) is 6.04 Å². The topological polar surface area (TPSA) is 77.5 Å². The summed E-state index contributed by atoms with van der Waals surface area (Å²) in [6.07, 6.45) is 4.65. The van der Waals surface area contributed by atoms with Crippen LogP contribution in [0.25, 0.3) is 10.7 Å². The highest BCUT2D eigenvalue weighted by atomic mass is 32.1. The van der Waals surface area contributed by atoms with E-state index in [1.165, 1.54) is 12.8 Å². The van der Waals surface area contributed by atoms with E-state index < -0.39 is 6.04 Å². The molecule has 2 amide bonds. The first-order valence-corrected chi connectivity index (χ1v) is 12.3. The summed E-state index contributed by atoms with van der Waals surface area (Å²) in [5.74, 6) is 0.955. The van der Waals surface area contributed by atoms with Crippen LogP contribution < -0.4 is 0 Å². The van der Waals surface area contributed by atoms with Gasteiger partial charge in [0.2, 0.25) is 11.8 Å². The second-order valence-corrected chi connectivity index (χ2v) is 9.61. The second-order valence-electron chi connectivity index (χ2n) is 8.27. The van der Waals surface area contributed by atoms with Crippen LogP contribution in [-0.2, 0) is 9.59 Å². The number of aromatic amines is 1. The summed E-state index contributed by atoms with van der Waals surface area (Å²) >= 11 is 6.98. The van der Waals surface area contributed by atoms with E-state index in [-0.39, 0.29) is 11.8 Å². The molecule has 0 bridgehead atoms. The Hall–Kier alpha value is -2.04. The number of hydrogen-bond donors (Lipinski definition) is 1. The van der Waals surface area contributed by atoms with Crippen LogP contribution in [0.5, 0.6) is 0 Å².